The minimum absolute atomic E-state index is 0. The Morgan fingerprint density at radius 3 is 1.62 bits per heavy atom. The Hall–Kier alpha value is -0.474. The Balaban J connectivity index is 0.00000338. The van der Waals surface area contributed by atoms with E-state index in [9.17, 15) is 9.90 Å². The number of hydrogen-bond donors (Lipinski definition) is 0. The molecule has 2 heterocycles. The van der Waals surface area contributed by atoms with Gasteiger partial charge in [0.1, 0.15) is 11.6 Å². The molecule has 26 heavy (non-hydrogen) atoms. The molecule has 0 N–H and O–H groups in total. The average molecular weight is 385 g/mol. The fourth-order valence-corrected chi connectivity index (χ4v) is 2.99. The number of hydrogen-bond acceptors (Lipinski definition) is 4. The van der Waals surface area contributed by atoms with Gasteiger partial charge in [-0.2, -0.15) is 0 Å². The molecule has 2 aromatic heterocycles. The molecule has 6 nitrogen and oxygen atoms in total. The van der Waals surface area contributed by atoms with Crippen molar-refractivity contribution in [2.24, 2.45) is 0 Å². The molecule has 7 heteroatoms. The van der Waals surface area contributed by atoms with Crippen LogP contribution in [0, 0.1) is 0 Å². The van der Waals surface area contributed by atoms with E-state index in [2.05, 4.69) is 27.7 Å². The second-order valence-electron chi connectivity index (χ2n) is 7.06. The van der Waals surface area contributed by atoms with Gasteiger partial charge in [0.25, 0.3) is 0 Å². The molecule has 2 rings (SSSR count). The molecule has 0 bridgehead atoms. The van der Waals surface area contributed by atoms with Crippen molar-refractivity contribution in [3.63, 3.8) is 0 Å². The zero-order valence-corrected chi connectivity index (χ0v) is 20.2. The number of aliphatic carboxylic acids is 1. The van der Waals surface area contributed by atoms with Crippen LogP contribution in [0.25, 0.3) is 0 Å². The fraction of sp³-hybridized carbons (Fsp3) is 0.632. The Kier molecular flexibility index (Phi) is 9.22. The molecule has 0 saturated heterocycles. The summed E-state index contributed by atoms with van der Waals surface area (Å²) in [5, 5.41) is 11.5. The van der Waals surface area contributed by atoms with Crippen LogP contribution in [0.5, 0.6) is 0 Å². The van der Waals surface area contributed by atoms with Gasteiger partial charge in [0.2, 0.25) is 0 Å². The molecule has 0 aromatic carbocycles. The molecule has 138 valence electrons. The van der Waals surface area contributed by atoms with Crippen molar-refractivity contribution in [3.05, 3.63) is 35.4 Å². The number of carbonyl (C=O) groups is 1. The molecule has 2 aromatic rings. The Morgan fingerprint density at radius 1 is 0.962 bits per heavy atom. The van der Waals surface area contributed by atoms with Crippen LogP contribution in [-0.2, 0) is 17.9 Å². The second-order valence-corrected chi connectivity index (χ2v) is 7.06. The number of nitrogens with zero attached hydrogens (tertiary/aromatic N) is 4. The first-order valence-corrected chi connectivity index (χ1v) is 9.12. The van der Waals surface area contributed by atoms with Gasteiger partial charge >= 0.3 is 51.4 Å². The van der Waals surface area contributed by atoms with Crippen LogP contribution in [0.1, 0.15) is 88.8 Å². The molecule has 0 radical (unpaired) electrons. The molecule has 0 saturated carbocycles. The van der Waals surface area contributed by atoms with Gasteiger partial charge in [-0.05, 0) is 25.7 Å². The van der Waals surface area contributed by atoms with E-state index >= 15 is 0 Å². The van der Waals surface area contributed by atoms with Gasteiger partial charge in [-0.25, -0.2) is 9.97 Å². The molecule has 0 aliphatic rings. The van der Waals surface area contributed by atoms with Gasteiger partial charge < -0.3 is 19.0 Å². The zero-order valence-electron chi connectivity index (χ0n) is 17.1. The van der Waals surface area contributed by atoms with Gasteiger partial charge in [0, 0.05) is 37.9 Å². The minimum atomic E-state index is -1.08. The molecule has 0 aliphatic carbocycles. The maximum atomic E-state index is 11.5. The summed E-state index contributed by atoms with van der Waals surface area (Å²) >= 11 is 0. The zero-order chi connectivity index (χ0) is 18.7. The SMILES string of the molecule is CCn1cc(C(C)C)nc1C(CC(=O)[O-])c1nc(C(C)C)cn1CC.[K+]. The van der Waals surface area contributed by atoms with Crippen molar-refractivity contribution in [3.8, 4) is 0 Å². The number of rotatable bonds is 8. The van der Waals surface area contributed by atoms with Gasteiger partial charge in [-0.1, -0.05) is 27.7 Å². The summed E-state index contributed by atoms with van der Waals surface area (Å²) in [5.41, 5.74) is 1.94. The van der Waals surface area contributed by atoms with Crippen LogP contribution in [0.3, 0.4) is 0 Å². The summed E-state index contributed by atoms with van der Waals surface area (Å²) < 4.78 is 4.07. The maximum Gasteiger partial charge on any atom is 1.00 e. The number of carbonyl (C=O) groups excluding carboxylic acids is 1. The maximum absolute atomic E-state index is 11.5. The summed E-state index contributed by atoms with van der Waals surface area (Å²) in [6.07, 6.45) is 3.92. The number of carboxylic acids is 1. The standard InChI is InChI=1S/C19H30N4O2.K/c1-7-22-10-15(12(3)4)20-18(22)14(9-17(24)25)19-21-16(13(5)6)11-23(19)8-2;/h10-14H,7-9H2,1-6H3,(H,24,25);/q;+1/p-1. The Bertz CT molecular complexity index is 680. The van der Waals surface area contributed by atoms with Crippen molar-refractivity contribution in [2.45, 2.75) is 78.8 Å². The topological polar surface area (TPSA) is 75.8 Å². The summed E-state index contributed by atoms with van der Waals surface area (Å²) in [6, 6.07) is 0. The van der Waals surface area contributed by atoms with Crippen LogP contribution >= 0.6 is 0 Å². The van der Waals surface area contributed by atoms with Crippen LogP contribution in [0.2, 0.25) is 0 Å². The van der Waals surface area contributed by atoms with Crippen molar-refractivity contribution >= 4 is 5.97 Å². The third-order valence-corrected chi connectivity index (χ3v) is 4.51. The molecular formula is C19H29KN4O2. The van der Waals surface area contributed by atoms with Crippen LogP contribution in [-0.4, -0.2) is 25.1 Å². The predicted octanol–water partition coefficient (Wildman–Crippen LogP) is -0.358. The van der Waals surface area contributed by atoms with E-state index in [0.29, 0.717) is 0 Å². The smallest absolute Gasteiger partial charge is 0.550 e. The van der Waals surface area contributed by atoms with Crippen molar-refractivity contribution in [1.82, 2.24) is 19.1 Å². The van der Waals surface area contributed by atoms with Crippen molar-refractivity contribution in [1.29, 1.82) is 0 Å². The fourth-order valence-electron chi connectivity index (χ4n) is 2.99. The third kappa shape index (κ3) is 5.29. The van der Waals surface area contributed by atoms with E-state index in [1.54, 1.807) is 0 Å². The number of carboxylic acid groups (broad SMARTS) is 1. The number of aryl methyl sites for hydroxylation is 2. The summed E-state index contributed by atoms with van der Waals surface area (Å²) in [4.78, 5) is 21.0. The van der Waals surface area contributed by atoms with E-state index < -0.39 is 11.9 Å². The average Bonchev–Trinajstić information content (AvgIpc) is 3.16. The van der Waals surface area contributed by atoms with Gasteiger partial charge in [-0.3, -0.25) is 0 Å². The van der Waals surface area contributed by atoms with E-state index in [4.69, 9.17) is 9.97 Å². The molecular weight excluding hydrogens is 355 g/mol. The summed E-state index contributed by atoms with van der Waals surface area (Å²) in [5.74, 6) is 0.583. The van der Waals surface area contributed by atoms with Crippen LogP contribution in [0.4, 0.5) is 0 Å². The van der Waals surface area contributed by atoms with E-state index in [1.807, 2.05) is 35.4 Å². The molecule has 0 spiro atoms. The predicted molar refractivity (Wildman–Crippen MR) is 95.4 cm³/mol. The quantitative estimate of drug-likeness (QED) is 0.583. The molecule has 0 aliphatic heterocycles. The normalized spacial score (nSPS) is 11.4. The van der Waals surface area contributed by atoms with E-state index in [0.717, 1.165) is 36.1 Å². The summed E-state index contributed by atoms with van der Waals surface area (Å²) in [6.45, 7) is 13.9. The van der Waals surface area contributed by atoms with Crippen LogP contribution < -0.4 is 56.5 Å². The number of imidazole rings is 2. The Morgan fingerprint density at radius 2 is 1.35 bits per heavy atom. The monoisotopic (exact) mass is 384 g/mol. The van der Waals surface area contributed by atoms with Gasteiger partial charge in [0.05, 0.1) is 17.3 Å². The van der Waals surface area contributed by atoms with Crippen LogP contribution in [0.15, 0.2) is 12.4 Å². The Labute approximate surface area is 198 Å². The first-order chi connectivity index (χ1) is 11.8. The largest absolute Gasteiger partial charge is 1.00 e. The van der Waals surface area contributed by atoms with Gasteiger partial charge in [-0.15, -0.1) is 0 Å². The number of aromatic nitrogens is 4. The van der Waals surface area contributed by atoms with E-state index in [-0.39, 0.29) is 69.6 Å². The molecule has 0 amide bonds. The molecule has 0 atom stereocenters. The van der Waals surface area contributed by atoms with Gasteiger partial charge in [0.15, 0.2) is 0 Å². The van der Waals surface area contributed by atoms with Crippen molar-refractivity contribution in [2.75, 3.05) is 0 Å². The molecule has 0 unspecified atom stereocenters. The first kappa shape index (κ1) is 23.6. The first-order valence-electron chi connectivity index (χ1n) is 9.12. The van der Waals surface area contributed by atoms with E-state index in [1.165, 1.54) is 0 Å². The summed E-state index contributed by atoms with van der Waals surface area (Å²) in [7, 11) is 0. The third-order valence-electron chi connectivity index (χ3n) is 4.51. The molecule has 0 fully saturated rings. The second kappa shape index (κ2) is 10.2. The minimum Gasteiger partial charge on any atom is -0.550 e. The van der Waals surface area contributed by atoms with Crippen molar-refractivity contribution < 1.29 is 61.3 Å².